The van der Waals surface area contributed by atoms with E-state index < -0.39 is 51.0 Å². The Labute approximate surface area is 273 Å². The number of hydrogen-bond donors (Lipinski definition) is 1. The number of anilines is 1. The Morgan fingerprint density at radius 1 is 1.00 bits per heavy atom. The van der Waals surface area contributed by atoms with Crippen molar-refractivity contribution in [1.82, 2.24) is 4.90 Å². The molecule has 2 aliphatic carbocycles. The molecule has 3 fully saturated rings. The van der Waals surface area contributed by atoms with E-state index in [2.05, 4.69) is 0 Å². The van der Waals surface area contributed by atoms with Gasteiger partial charge in [-0.15, -0.1) is 0 Å². The number of nitrogens with zero attached hydrogens (tertiary/aromatic N) is 2. The lowest BCUT2D eigenvalue weighted by Crippen LogP contribution is -2.59. The smallest absolute Gasteiger partial charge is 0.304 e. The highest BCUT2D eigenvalue weighted by Crippen LogP contribution is 2.54. The number of aliphatic carboxylic acids is 1. The van der Waals surface area contributed by atoms with E-state index >= 15 is 4.39 Å². The molecule has 3 aromatic rings. The number of amides is 1. The molecule has 1 heterocycles. The second-order valence-corrected chi connectivity index (χ2v) is 15.8. The minimum Gasteiger partial charge on any atom is -0.481 e. The molecule has 0 radical (unpaired) electrons. The van der Waals surface area contributed by atoms with Gasteiger partial charge in [-0.05, 0) is 85.5 Å². The number of para-hydroxylation sites is 1. The summed E-state index contributed by atoms with van der Waals surface area (Å²) in [5, 5.41) is 10.4. The lowest BCUT2D eigenvalue weighted by atomic mass is 9.67. The van der Waals surface area contributed by atoms with Crippen LogP contribution < -0.4 is 4.31 Å². The predicted molar refractivity (Wildman–Crippen MR) is 172 cm³/mol. The third-order valence-corrected chi connectivity index (χ3v) is 12.1. The summed E-state index contributed by atoms with van der Waals surface area (Å²) >= 11 is 12.7. The fourth-order valence-corrected chi connectivity index (χ4v) is 9.10. The van der Waals surface area contributed by atoms with Crippen LogP contribution in [0.1, 0.15) is 68.5 Å². The van der Waals surface area contributed by atoms with Gasteiger partial charge in [0.1, 0.15) is 5.82 Å². The van der Waals surface area contributed by atoms with Crippen LogP contribution in [0.25, 0.3) is 0 Å². The summed E-state index contributed by atoms with van der Waals surface area (Å²) in [6, 6.07) is 19.1. The van der Waals surface area contributed by atoms with Gasteiger partial charge in [0, 0.05) is 16.0 Å². The van der Waals surface area contributed by atoms with Crippen LogP contribution in [0.2, 0.25) is 10.0 Å². The lowest BCUT2D eigenvalue weighted by Gasteiger charge is -2.52. The van der Waals surface area contributed by atoms with Crippen molar-refractivity contribution in [3.05, 3.63) is 99.8 Å². The van der Waals surface area contributed by atoms with Crippen molar-refractivity contribution >= 4 is 50.8 Å². The number of carbonyl (C=O) groups is 2. The molecule has 3 aliphatic rings. The first-order valence-electron chi connectivity index (χ1n) is 15.2. The maximum Gasteiger partial charge on any atom is 0.304 e. The molecule has 7 nitrogen and oxygen atoms in total. The molecule has 3 aromatic carbocycles. The number of piperidine rings is 1. The second-order valence-electron chi connectivity index (χ2n) is 12.8. The van der Waals surface area contributed by atoms with Crippen molar-refractivity contribution < 1.29 is 27.5 Å². The summed E-state index contributed by atoms with van der Waals surface area (Å²) in [6.45, 7) is 1.53. The molecular weight excluding hydrogens is 638 g/mol. The zero-order chi connectivity index (χ0) is 32.1. The van der Waals surface area contributed by atoms with Crippen LogP contribution in [-0.2, 0) is 19.6 Å². The summed E-state index contributed by atoms with van der Waals surface area (Å²) in [5.41, 5.74) is 0.265. The first-order valence-corrected chi connectivity index (χ1v) is 17.5. The van der Waals surface area contributed by atoms with Crippen LogP contribution in [0.4, 0.5) is 10.1 Å². The topological polar surface area (TPSA) is 95.0 Å². The van der Waals surface area contributed by atoms with Crippen molar-refractivity contribution in [2.24, 2.45) is 11.3 Å². The summed E-state index contributed by atoms with van der Waals surface area (Å²) < 4.78 is 44.3. The van der Waals surface area contributed by atoms with E-state index in [1.807, 2.05) is 30.3 Å². The van der Waals surface area contributed by atoms with Crippen LogP contribution in [0, 0.1) is 17.2 Å². The Morgan fingerprint density at radius 2 is 1.69 bits per heavy atom. The molecule has 6 rings (SSSR count). The number of hydrogen-bond acceptors (Lipinski definition) is 4. The molecule has 11 heteroatoms. The van der Waals surface area contributed by atoms with Gasteiger partial charge in [-0.1, -0.05) is 66.5 Å². The Bertz CT molecular complexity index is 1710. The molecule has 0 spiro atoms. The zero-order valence-corrected chi connectivity index (χ0v) is 27.1. The highest BCUT2D eigenvalue weighted by Gasteiger charge is 2.55. The third kappa shape index (κ3) is 6.44. The predicted octanol–water partition coefficient (Wildman–Crippen LogP) is 7.45. The summed E-state index contributed by atoms with van der Waals surface area (Å²) in [5.74, 6) is -2.57. The summed E-state index contributed by atoms with van der Waals surface area (Å²) in [6.07, 6.45) is 2.33. The van der Waals surface area contributed by atoms with E-state index in [9.17, 15) is 23.1 Å². The van der Waals surface area contributed by atoms with Crippen LogP contribution in [0.3, 0.4) is 0 Å². The first kappa shape index (κ1) is 31.8. The largest absolute Gasteiger partial charge is 0.481 e. The van der Waals surface area contributed by atoms with Crippen LogP contribution >= 0.6 is 23.2 Å². The number of carboxylic acid groups (broad SMARTS) is 1. The van der Waals surface area contributed by atoms with Gasteiger partial charge >= 0.3 is 5.97 Å². The normalized spacial score (nSPS) is 24.4. The van der Waals surface area contributed by atoms with Crippen molar-refractivity contribution in [2.45, 2.75) is 68.7 Å². The van der Waals surface area contributed by atoms with Crippen molar-refractivity contribution in [3.63, 3.8) is 0 Å². The Balaban J connectivity index is 1.53. The minimum absolute atomic E-state index is 0.0535. The van der Waals surface area contributed by atoms with E-state index in [1.54, 1.807) is 36.1 Å². The molecule has 1 N–H and O–H groups in total. The molecule has 2 saturated carbocycles. The minimum atomic E-state index is -3.94. The number of halogens is 3. The molecule has 0 unspecified atom stereocenters. The van der Waals surface area contributed by atoms with Gasteiger partial charge in [-0.25, -0.2) is 12.8 Å². The van der Waals surface area contributed by atoms with Gasteiger partial charge in [-0.2, -0.15) is 0 Å². The van der Waals surface area contributed by atoms with E-state index in [-0.39, 0.29) is 36.4 Å². The second kappa shape index (κ2) is 12.2. The number of sulfonamides is 1. The average molecular weight is 674 g/mol. The van der Waals surface area contributed by atoms with E-state index in [1.165, 1.54) is 18.2 Å². The van der Waals surface area contributed by atoms with Gasteiger partial charge < -0.3 is 10.0 Å². The molecule has 0 aromatic heterocycles. The van der Waals surface area contributed by atoms with Crippen molar-refractivity contribution in [3.8, 4) is 0 Å². The van der Waals surface area contributed by atoms with Gasteiger partial charge in [-0.3, -0.25) is 13.9 Å². The SMILES string of the molecule is C[C@]1(CC(=O)O)C[C@H](c2cccc(Cl)c2)[C@@H](c2ccc(Cl)cc2)N([C@H](CN(c2ccccc2F)S(=O)(=O)C2CC2)C2CC2)C1=O. The Hall–Kier alpha value is -3.14. The van der Waals surface area contributed by atoms with E-state index in [0.717, 1.165) is 28.3 Å². The highest BCUT2D eigenvalue weighted by molar-refractivity contribution is 7.93. The first-order chi connectivity index (χ1) is 21.4. The number of benzene rings is 3. The Kier molecular flexibility index (Phi) is 8.65. The van der Waals surface area contributed by atoms with Crippen LogP contribution in [0.5, 0.6) is 0 Å². The van der Waals surface area contributed by atoms with Crippen LogP contribution in [-0.4, -0.2) is 48.1 Å². The van der Waals surface area contributed by atoms with Crippen molar-refractivity contribution in [2.75, 3.05) is 10.8 Å². The number of rotatable bonds is 11. The van der Waals surface area contributed by atoms with Crippen molar-refractivity contribution in [1.29, 1.82) is 0 Å². The van der Waals surface area contributed by atoms with Gasteiger partial charge in [0.25, 0.3) is 0 Å². The summed E-state index contributed by atoms with van der Waals surface area (Å²) in [4.78, 5) is 28.7. The standard InChI is InChI=1S/C34H35Cl2FN2O5S/c1-34(19-31(40)41)18-27(23-5-4-6-25(36)17-23)32(22-11-13-24(35)14-12-22)39(33(34)42)30(21-9-10-21)20-38(45(43,44)26-15-16-26)29-8-3-2-7-28(29)37/h2-8,11-14,17,21,26-27,30,32H,9-10,15-16,18-20H2,1H3,(H,40,41)/t27-,30-,32-,34-/m1/s1. The summed E-state index contributed by atoms with van der Waals surface area (Å²) in [7, 11) is -3.94. The average Bonchev–Trinajstić information content (AvgIpc) is 3.90. The number of carbonyl (C=O) groups excluding carboxylic acids is 1. The number of likely N-dealkylation sites (tertiary alicyclic amines) is 1. The van der Waals surface area contributed by atoms with Gasteiger partial charge in [0.05, 0.1) is 41.4 Å². The molecule has 4 atom stereocenters. The monoisotopic (exact) mass is 672 g/mol. The van der Waals surface area contributed by atoms with E-state index in [0.29, 0.717) is 22.9 Å². The fraction of sp³-hybridized carbons (Fsp3) is 0.412. The fourth-order valence-electron chi connectivity index (χ4n) is 6.90. The highest BCUT2D eigenvalue weighted by atomic mass is 35.5. The molecule has 0 bridgehead atoms. The maximum atomic E-state index is 15.3. The maximum absolute atomic E-state index is 15.3. The molecular formula is C34H35Cl2FN2O5S. The molecule has 1 saturated heterocycles. The third-order valence-electron chi connectivity index (χ3n) is 9.38. The Morgan fingerprint density at radius 3 is 2.29 bits per heavy atom. The number of carboxylic acids is 1. The molecule has 238 valence electrons. The zero-order valence-electron chi connectivity index (χ0n) is 24.8. The molecule has 1 amide bonds. The van der Waals surface area contributed by atoms with Crippen LogP contribution in [0.15, 0.2) is 72.8 Å². The molecule has 45 heavy (non-hydrogen) atoms. The molecule has 1 aliphatic heterocycles. The lowest BCUT2D eigenvalue weighted by molar-refractivity contribution is -0.160. The quantitative estimate of drug-likeness (QED) is 0.228. The van der Waals surface area contributed by atoms with Gasteiger partial charge in [0.15, 0.2) is 0 Å². The van der Waals surface area contributed by atoms with E-state index in [4.69, 9.17) is 23.2 Å². The van der Waals surface area contributed by atoms with Gasteiger partial charge in [0.2, 0.25) is 15.9 Å².